The summed E-state index contributed by atoms with van der Waals surface area (Å²) < 4.78 is 0. The van der Waals surface area contributed by atoms with Crippen LogP contribution in [0, 0.1) is 11.3 Å². The molecule has 0 saturated carbocycles. The summed E-state index contributed by atoms with van der Waals surface area (Å²) in [5.74, 6) is 0.548. The van der Waals surface area contributed by atoms with Gasteiger partial charge in [0, 0.05) is 25.2 Å². The molecule has 0 aliphatic heterocycles. The monoisotopic (exact) mass is 406 g/mol. The molecule has 30 heavy (non-hydrogen) atoms. The Balaban J connectivity index is 3.56. The van der Waals surface area contributed by atoms with Crippen LogP contribution >= 0.6 is 0 Å². The largest absolute Gasteiger partial charge is 0.286 e. The maximum Gasteiger partial charge on any atom is 0.0906 e. The summed E-state index contributed by atoms with van der Waals surface area (Å²) in [5, 5.41) is 0. The first-order chi connectivity index (χ1) is 13.8. The molecule has 0 fully saturated rings. The molecular weight excluding hydrogens is 364 g/mol. The molecule has 0 saturated heterocycles. The Labute approximate surface area is 185 Å². The van der Waals surface area contributed by atoms with Crippen molar-refractivity contribution >= 4 is 11.4 Å². The van der Waals surface area contributed by atoms with Gasteiger partial charge in [0.1, 0.15) is 0 Å². The van der Waals surface area contributed by atoms with Crippen LogP contribution in [0.15, 0.2) is 79.4 Å². The summed E-state index contributed by atoms with van der Waals surface area (Å²) in [6, 6.07) is 0. The first-order valence-electron chi connectivity index (χ1n) is 10.9. The van der Waals surface area contributed by atoms with E-state index in [2.05, 4.69) is 110 Å². The second-order valence-corrected chi connectivity index (χ2v) is 9.62. The van der Waals surface area contributed by atoms with Crippen molar-refractivity contribution in [1.82, 2.24) is 0 Å². The zero-order valence-electron chi connectivity index (χ0n) is 21.4. The minimum atomic E-state index is 0.169. The molecule has 2 nitrogen and oxygen atoms in total. The van der Waals surface area contributed by atoms with Crippen LogP contribution in [0.4, 0.5) is 0 Å². The van der Waals surface area contributed by atoms with Crippen LogP contribution in [0.5, 0.6) is 0 Å². The van der Waals surface area contributed by atoms with Gasteiger partial charge in [0.2, 0.25) is 0 Å². The fourth-order valence-corrected chi connectivity index (χ4v) is 3.15. The van der Waals surface area contributed by atoms with E-state index in [-0.39, 0.29) is 5.41 Å². The van der Waals surface area contributed by atoms with Crippen molar-refractivity contribution in [3.63, 3.8) is 0 Å². The Morgan fingerprint density at radius 3 is 1.83 bits per heavy atom. The van der Waals surface area contributed by atoms with Crippen molar-refractivity contribution in [2.45, 2.75) is 69.2 Å². The van der Waals surface area contributed by atoms with Crippen LogP contribution in [-0.2, 0) is 0 Å². The molecule has 0 radical (unpaired) electrons. The second kappa shape index (κ2) is 10.7. The van der Waals surface area contributed by atoms with E-state index in [9.17, 15) is 0 Å². The highest BCUT2D eigenvalue weighted by Gasteiger charge is 2.25. The molecule has 0 aromatic carbocycles. The smallest absolute Gasteiger partial charge is 0.0906 e. The lowest BCUT2D eigenvalue weighted by Crippen LogP contribution is -2.25. The predicted octanol–water partition coefficient (Wildman–Crippen LogP) is 7.87. The number of aliphatic imine (C=N–C) groups is 2. The van der Waals surface area contributed by atoms with E-state index in [0.29, 0.717) is 5.92 Å². The van der Waals surface area contributed by atoms with Gasteiger partial charge < -0.3 is 0 Å². The number of rotatable bonds is 5. The third kappa shape index (κ3) is 6.39. The molecule has 2 heteroatoms. The molecule has 0 atom stereocenters. The Morgan fingerprint density at radius 2 is 1.37 bits per heavy atom. The summed E-state index contributed by atoms with van der Waals surface area (Å²) in [5.41, 5.74) is 10.8. The molecule has 0 aromatic rings. The zero-order valence-corrected chi connectivity index (χ0v) is 21.4. The molecule has 1 rings (SSSR count). The fourth-order valence-electron chi connectivity index (χ4n) is 3.15. The van der Waals surface area contributed by atoms with Crippen molar-refractivity contribution in [1.29, 1.82) is 0 Å². The van der Waals surface area contributed by atoms with Crippen LogP contribution in [-0.4, -0.2) is 25.5 Å². The topological polar surface area (TPSA) is 24.7 Å². The third-order valence-corrected chi connectivity index (χ3v) is 6.01. The molecule has 1 aliphatic rings. The first-order valence-corrected chi connectivity index (χ1v) is 10.9. The summed E-state index contributed by atoms with van der Waals surface area (Å²) in [7, 11) is 3.72. The van der Waals surface area contributed by atoms with E-state index < -0.39 is 0 Å². The Kier molecular flexibility index (Phi) is 9.21. The van der Waals surface area contributed by atoms with Crippen LogP contribution in [0.1, 0.15) is 69.2 Å². The summed E-state index contributed by atoms with van der Waals surface area (Å²) in [4.78, 5) is 9.31. The average molecular weight is 407 g/mol. The van der Waals surface area contributed by atoms with Gasteiger partial charge in [-0.05, 0) is 68.7 Å². The molecule has 1 aliphatic carbocycles. The van der Waals surface area contributed by atoms with Crippen LogP contribution in [0.25, 0.3) is 0 Å². The highest BCUT2D eigenvalue weighted by atomic mass is 14.8. The maximum atomic E-state index is 4.67. The quantitative estimate of drug-likeness (QED) is 0.328. The highest BCUT2D eigenvalue weighted by molar-refractivity contribution is 6.56. The van der Waals surface area contributed by atoms with E-state index >= 15 is 0 Å². The third-order valence-electron chi connectivity index (χ3n) is 6.01. The average Bonchev–Trinajstić information content (AvgIpc) is 2.67. The van der Waals surface area contributed by atoms with Crippen LogP contribution in [0.3, 0.4) is 0 Å². The predicted molar refractivity (Wildman–Crippen MR) is 137 cm³/mol. The lowest BCUT2D eigenvalue weighted by Gasteiger charge is -2.24. The van der Waals surface area contributed by atoms with Crippen molar-refractivity contribution in [3.8, 4) is 0 Å². The maximum absolute atomic E-state index is 4.67. The van der Waals surface area contributed by atoms with Gasteiger partial charge in [-0.3, -0.25) is 9.98 Å². The van der Waals surface area contributed by atoms with Gasteiger partial charge in [0.15, 0.2) is 0 Å². The summed E-state index contributed by atoms with van der Waals surface area (Å²) in [6.45, 7) is 22.0. The Bertz CT molecular complexity index is 899. The Morgan fingerprint density at radius 1 is 0.833 bits per heavy atom. The fraction of sp³-hybridized carbons (Fsp3) is 0.500. The minimum absolute atomic E-state index is 0.169. The van der Waals surface area contributed by atoms with Crippen LogP contribution in [0.2, 0.25) is 0 Å². The molecule has 0 amide bonds. The van der Waals surface area contributed by atoms with Gasteiger partial charge in [-0.25, -0.2) is 0 Å². The summed E-state index contributed by atoms with van der Waals surface area (Å²) in [6.07, 6.45) is 11.1. The van der Waals surface area contributed by atoms with Gasteiger partial charge in [-0.15, -0.1) is 0 Å². The van der Waals surface area contributed by atoms with Crippen molar-refractivity contribution in [2.24, 2.45) is 21.3 Å². The molecule has 0 aromatic heterocycles. The van der Waals surface area contributed by atoms with Crippen molar-refractivity contribution < 1.29 is 0 Å². The number of hydrogen-bond donors (Lipinski definition) is 0. The van der Waals surface area contributed by atoms with Crippen molar-refractivity contribution in [2.75, 3.05) is 14.1 Å². The molecular formula is C28H42N2. The summed E-state index contributed by atoms with van der Waals surface area (Å²) >= 11 is 0. The highest BCUT2D eigenvalue weighted by Crippen LogP contribution is 2.30. The molecule has 0 heterocycles. The van der Waals surface area contributed by atoms with Gasteiger partial charge in [-0.2, -0.15) is 0 Å². The standard InChI is InChI=1S/C28H42N2/c1-18(2)19(3)13-14-21(5)25-22(6)17-24(26(29-11)27(25)30-12)20(4)15-16-23(7)28(8,9)10/h13-18H,1-12H3/b19-13+,20-15+,21-14+,23-16+,29-26-,30-27-. The van der Waals surface area contributed by atoms with E-state index in [1.807, 2.05) is 14.1 Å². The van der Waals surface area contributed by atoms with Gasteiger partial charge in [-0.1, -0.05) is 70.1 Å². The number of nitrogens with zero attached hydrogens (tertiary/aromatic N) is 2. The molecule has 164 valence electrons. The van der Waals surface area contributed by atoms with E-state index in [4.69, 9.17) is 0 Å². The first kappa shape index (κ1) is 25.8. The van der Waals surface area contributed by atoms with Gasteiger partial charge >= 0.3 is 0 Å². The number of hydrogen-bond acceptors (Lipinski definition) is 2. The second-order valence-electron chi connectivity index (χ2n) is 9.62. The lowest BCUT2D eigenvalue weighted by atomic mass is 9.82. The lowest BCUT2D eigenvalue weighted by molar-refractivity contribution is 0.504. The number of allylic oxidation sites excluding steroid dienone is 12. The molecule has 0 unspecified atom stereocenters. The molecule has 0 bridgehead atoms. The van der Waals surface area contributed by atoms with E-state index in [0.717, 1.165) is 17.0 Å². The SMILES string of the molecule is C/N=C1/C(/C(C)=C/C=C(\C)C(C)(C)C)=CC(C)=C(/C(C)=C/C=C(\C)C(C)C)/C1=N/C. The van der Waals surface area contributed by atoms with Gasteiger partial charge in [0.05, 0.1) is 11.4 Å². The van der Waals surface area contributed by atoms with Crippen molar-refractivity contribution in [3.05, 3.63) is 69.4 Å². The zero-order chi connectivity index (χ0) is 23.2. The Hall–Kier alpha value is -2.22. The van der Waals surface area contributed by atoms with E-state index in [1.165, 1.54) is 33.4 Å². The van der Waals surface area contributed by atoms with Gasteiger partial charge in [0.25, 0.3) is 0 Å². The minimum Gasteiger partial charge on any atom is -0.286 e. The molecule has 0 spiro atoms. The van der Waals surface area contributed by atoms with E-state index in [1.54, 1.807) is 0 Å². The molecule has 0 N–H and O–H groups in total. The normalized spacial score (nSPS) is 20.6. The van der Waals surface area contributed by atoms with Crippen LogP contribution < -0.4 is 0 Å².